The van der Waals surface area contributed by atoms with Gasteiger partial charge in [-0.3, -0.25) is 4.79 Å². The maximum atomic E-state index is 13.6. The van der Waals surface area contributed by atoms with Crippen molar-refractivity contribution in [3.05, 3.63) is 81.1 Å². The fraction of sp³-hybridized carbons (Fsp3) is 0.143. The number of amides is 1. The number of anilines is 3. The molecule has 0 aliphatic rings. The maximum absolute atomic E-state index is 13.6. The second kappa shape index (κ2) is 8.19. The number of aryl methyl sites for hydroxylation is 2. The van der Waals surface area contributed by atoms with Gasteiger partial charge < -0.3 is 10.6 Å². The summed E-state index contributed by atoms with van der Waals surface area (Å²) in [6, 6.07) is 12.7. The first-order chi connectivity index (χ1) is 14.8. The minimum absolute atomic E-state index is 0.218. The zero-order valence-electron chi connectivity index (χ0n) is 16.7. The smallest absolute Gasteiger partial charge is 0.325 e. The van der Waals surface area contributed by atoms with E-state index in [0.29, 0.717) is 33.3 Å². The molecule has 0 unspecified atom stereocenters. The molecule has 0 fully saturated rings. The molecule has 2 aromatic carbocycles. The van der Waals surface area contributed by atoms with Crippen LogP contribution in [0.3, 0.4) is 0 Å². The summed E-state index contributed by atoms with van der Waals surface area (Å²) in [4.78, 5) is 29.7. The SMILES string of the molecule is Cc1cc2nn(CC(=O)Nc3ccc(Cl)cc3)c(=O)n2c(Nc2ccc(F)c(C)c2)n1. The number of halogens is 2. The largest absolute Gasteiger partial charge is 0.353 e. The minimum atomic E-state index is -0.532. The molecule has 0 atom stereocenters. The van der Waals surface area contributed by atoms with Crippen LogP contribution >= 0.6 is 11.6 Å². The van der Waals surface area contributed by atoms with Crippen LogP contribution in [0.25, 0.3) is 5.65 Å². The number of hydrogen-bond acceptors (Lipinski definition) is 5. The van der Waals surface area contributed by atoms with E-state index in [1.54, 1.807) is 56.3 Å². The molecule has 2 N–H and O–H groups in total. The van der Waals surface area contributed by atoms with Crippen molar-refractivity contribution < 1.29 is 9.18 Å². The molecule has 0 spiro atoms. The molecule has 0 saturated heterocycles. The molecule has 0 aliphatic carbocycles. The Morgan fingerprint density at radius 3 is 2.52 bits per heavy atom. The molecule has 2 heterocycles. The van der Waals surface area contributed by atoms with Crippen molar-refractivity contribution >= 4 is 40.5 Å². The quantitative estimate of drug-likeness (QED) is 0.493. The lowest BCUT2D eigenvalue weighted by Gasteiger charge is -2.09. The van der Waals surface area contributed by atoms with E-state index in [4.69, 9.17) is 11.6 Å². The van der Waals surface area contributed by atoms with Crippen LogP contribution in [0.4, 0.5) is 21.7 Å². The molecule has 31 heavy (non-hydrogen) atoms. The van der Waals surface area contributed by atoms with Gasteiger partial charge in [-0.15, -0.1) is 5.10 Å². The molecule has 0 saturated carbocycles. The summed E-state index contributed by atoms with van der Waals surface area (Å²) in [7, 11) is 0. The van der Waals surface area contributed by atoms with Crippen molar-refractivity contribution in [3.63, 3.8) is 0 Å². The summed E-state index contributed by atoms with van der Waals surface area (Å²) in [5.41, 5.74) is 2.00. The van der Waals surface area contributed by atoms with Crippen molar-refractivity contribution in [3.8, 4) is 0 Å². The number of hydrogen-bond donors (Lipinski definition) is 2. The Morgan fingerprint density at radius 1 is 1.10 bits per heavy atom. The van der Waals surface area contributed by atoms with E-state index in [9.17, 15) is 14.0 Å². The lowest BCUT2D eigenvalue weighted by Crippen LogP contribution is -2.29. The molecule has 4 aromatic rings. The van der Waals surface area contributed by atoms with Crippen molar-refractivity contribution in [2.24, 2.45) is 0 Å². The monoisotopic (exact) mass is 440 g/mol. The van der Waals surface area contributed by atoms with E-state index in [0.717, 1.165) is 4.68 Å². The Labute approximate surface area is 181 Å². The molecule has 2 aromatic heterocycles. The average molecular weight is 441 g/mol. The van der Waals surface area contributed by atoms with E-state index in [-0.39, 0.29) is 18.3 Å². The normalized spacial score (nSPS) is 11.0. The topological polar surface area (TPSA) is 93.3 Å². The van der Waals surface area contributed by atoms with Gasteiger partial charge in [0.25, 0.3) is 0 Å². The number of nitrogens with one attached hydrogen (secondary N) is 2. The standard InChI is InChI=1S/C21H18ClFN6O2/c1-12-9-16(7-8-17(12)23)26-20-24-13(2)10-18-27-28(21(31)29(18)20)11-19(30)25-15-5-3-14(22)4-6-15/h3-10H,11H2,1-2H3,(H,24,26)(H,25,30). The number of nitrogens with zero attached hydrogens (tertiary/aromatic N) is 4. The number of aromatic nitrogens is 4. The molecule has 158 valence electrons. The fourth-order valence-corrected chi connectivity index (χ4v) is 3.19. The van der Waals surface area contributed by atoms with Gasteiger partial charge in [-0.1, -0.05) is 11.6 Å². The third kappa shape index (κ3) is 4.41. The maximum Gasteiger partial charge on any atom is 0.353 e. The number of carbonyl (C=O) groups is 1. The predicted molar refractivity (Wildman–Crippen MR) is 116 cm³/mol. The van der Waals surface area contributed by atoms with Gasteiger partial charge in [-0.25, -0.2) is 23.3 Å². The van der Waals surface area contributed by atoms with Gasteiger partial charge in [-0.2, -0.15) is 0 Å². The first-order valence-corrected chi connectivity index (χ1v) is 9.74. The summed E-state index contributed by atoms with van der Waals surface area (Å²) in [6.07, 6.45) is 0. The zero-order valence-corrected chi connectivity index (χ0v) is 17.4. The summed E-state index contributed by atoms with van der Waals surface area (Å²) in [5.74, 6) is -0.527. The van der Waals surface area contributed by atoms with E-state index >= 15 is 0 Å². The molecule has 0 aliphatic heterocycles. The Morgan fingerprint density at radius 2 is 1.81 bits per heavy atom. The summed E-state index contributed by atoms with van der Waals surface area (Å²) < 4.78 is 15.9. The molecular formula is C21H18ClFN6O2. The highest BCUT2D eigenvalue weighted by Gasteiger charge is 2.16. The predicted octanol–water partition coefficient (Wildman–Crippen LogP) is 3.68. The Hall–Kier alpha value is -3.72. The van der Waals surface area contributed by atoms with Crippen LogP contribution in [-0.4, -0.2) is 25.1 Å². The van der Waals surface area contributed by atoms with Crippen molar-refractivity contribution in [1.29, 1.82) is 0 Å². The van der Waals surface area contributed by atoms with Crippen molar-refractivity contribution in [1.82, 2.24) is 19.2 Å². The Balaban J connectivity index is 1.64. The summed E-state index contributed by atoms with van der Waals surface area (Å²) in [5, 5.41) is 10.5. The summed E-state index contributed by atoms with van der Waals surface area (Å²) in [6.45, 7) is 3.12. The molecule has 0 bridgehead atoms. The van der Waals surface area contributed by atoms with Crippen LogP contribution in [0.1, 0.15) is 11.3 Å². The third-order valence-corrected chi connectivity index (χ3v) is 4.78. The van der Waals surface area contributed by atoms with Gasteiger partial charge in [0.1, 0.15) is 12.4 Å². The van der Waals surface area contributed by atoms with Crippen molar-refractivity contribution in [2.45, 2.75) is 20.4 Å². The van der Waals surface area contributed by atoms with E-state index in [2.05, 4.69) is 20.7 Å². The van der Waals surface area contributed by atoms with Crippen LogP contribution in [0.15, 0.2) is 53.3 Å². The number of carbonyl (C=O) groups excluding carboxylic acids is 1. The second-order valence-electron chi connectivity index (χ2n) is 7.00. The molecular weight excluding hydrogens is 423 g/mol. The van der Waals surface area contributed by atoms with E-state index < -0.39 is 11.6 Å². The first kappa shape index (κ1) is 20.5. The van der Waals surface area contributed by atoms with Crippen LogP contribution < -0.4 is 16.3 Å². The van der Waals surface area contributed by atoms with Crippen molar-refractivity contribution in [2.75, 3.05) is 10.6 Å². The zero-order chi connectivity index (χ0) is 22.1. The van der Waals surface area contributed by atoms with E-state index in [1.165, 1.54) is 10.5 Å². The second-order valence-corrected chi connectivity index (χ2v) is 7.44. The van der Waals surface area contributed by atoms with Crippen LogP contribution in [0.5, 0.6) is 0 Å². The minimum Gasteiger partial charge on any atom is -0.325 e. The molecule has 8 nitrogen and oxygen atoms in total. The number of fused-ring (bicyclic) bond motifs is 1. The Kier molecular flexibility index (Phi) is 5.43. The van der Waals surface area contributed by atoms with Gasteiger partial charge in [0.2, 0.25) is 11.9 Å². The molecule has 0 radical (unpaired) electrons. The first-order valence-electron chi connectivity index (χ1n) is 9.36. The van der Waals surface area contributed by atoms with Gasteiger partial charge in [0.15, 0.2) is 5.65 Å². The van der Waals surface area contributed by atoms with Crippen LogP contribution in [0.2, 0.25) is 5.02 Å². The fourth-order valence-electron chi connectivity index (χ4n) is 3.06. The highest BCUT2D eigenvalue weighted by Crippen LogP contribution is 2.19. The van der Waals surface area contributed by atoms with Crippen LogP contribution in [-0.2, 0) is 11.3 Å². The molecule has 1 amide bonds. The number of rotatable bonds is 5. The van der Waals surface area contributed by atoms with Gasteiger partial charge in [0, 0.05) is 28.2 Å². The molecule has 4 rings (SSSR count). The highest BCUT2D eigenvalue weighted by molar-refractivity contribution is 6.30. The summed E-state index contributed by atoms with van der Waals surface area (Å²) >= 11 is 5.84. The Bertz CT molecular complexity index is 1350. The van der Waals surface area contributed by atoms with Gasteiger partial charge in [0.05, 0.1) is 0 Å². The average Bonchev–Trinajstić information content (AvgIpc) is 3.01. The highest BCUT2D eigenvalue weighted by atomic mass is 35.5. The lowest BCUT2D eigenvalue weighted by molar-refractivity contribution is -0.117. The van der Waals surface area contributed by atoms with Gasteiger partial charge >= 0.3 is 5.69 Å². The van der Waals surface area contributed by atoms with E-state index in [1.807, 2.05) is 0 Å². The van der Waals surface area contributed by atoms with Gasteiger partial charge in [-0.05, 0) is 61.9 Å². The molecule has 10 heteroatoms. The third-order valence-electron chi connectivity index (χ3n) is 4.53. The number of benzene rings is 2. The van der Waals surface area contributed by atoms with Crippen LogP contribution in [0, 0.1) is 19.7 Å². The lowest BCUT2D eigenvalue weighted by atomic mass is 10.2.